The Morgan fingerprint density at radius 1 is 1.15 bits per heavy atom. The summed E-state index contributed by atoms with van der Waals surface area (Å²) in [6.07, 6.45) is 0.627. The summed E-state index contributed by atoms with van der Waals surface area (Å²) in [5, 5.41) is 5.57. The predicted molar refractivity (Wildman–Crippen MR) is 99.5 cm³/mol. The van der Waals surface area contributed by atoms with Crippen LogP contribution in [0, 0.1) is 0 Å². The maximum absolute atomic E-state index is 12.4. The molecule has 1 atom stereocenters. The Hall–Kier alpha value is -3.35. The minimum absolute atomic E-state index is 0.0233. The number of hydrogen-bond acceptors (Lipinski definition) is 4. The SMILES string of the molecule is CN1CC[C@H](NC(=O)c2ccc(-c3ccc4c(c3)NC(=O)CO4)cc2)C1=O. The lowest BCUT2D eigenvalue weighted by Gasteiger charge is -2.18. The maximum atomic E-state index is 12.4. The summed E-state index contributed by atoms with van der Waals surface area (Å²) in [6.45, 7) is 0.677. The van der Waals surface area contributed by atoms with E-state index in [0.717, 1.165) is 11.1 Å². The summed E-state index contributed by atoms with van der Waals surface area (Å²) >= 11 is 0. The second-order valence-corrected chi connectivity index (χ2v) is 6.70. The molecule has 0 aromatic heterocycles. The minimum atomic E-state index is -0.452. The lowest BCUT2D eigenvalue weighted by Crippen LogP contribution is -2.40. The van der Waals surface area contributed by atoms with Gasteiger partial charge < -0.3 is 20.3 Å². The van der Waals surface area contributed by atoms with Crippen molar-refractivity contribution >= 4 is 23.4 Å². The van der Waals surface area contributed by atoms with Gasteiger partial charge in [0.25, 0.3) is 11.8 Å². The molecule has 4 rings (SSSR count). The maximum Gasteiger partial charge on any atom is 0.262 e. The third-order valence-corrected chi connectivity index (χ3v) is 4.83. The number of rotatable bonds is 3. The van der Waals surface area contributed by atoms with Crippen LogP contribution in [0.4, 0.5) is 5.69 Å². The van der Waals surface area contributed by atoms with Crippen LogP contribution in [0.25, 0.3) is 11.1 Å². The Bertz CT molecular complexity index is 923. The first-order chi connectivity index (χ1) is 13.0. The molecule has 0 radical (unpaired) electrons. The van der Waals surface area contributed by atoms with Gasteiger partial charge in [-0.05, 0) is 41.8 Å². The van der Waals surface area contributed by atoms with Crippen LogP contribution in [-0.2, 0) is 9.59 Å². The fourth-order valence-electron chi connectivity index (χ4n) is 3.27. The standard InChI is InChI=1S/C20H19N3O4/c1-23-9-8-15(20(23)26)22-19(25)13-4-2-12(3-5-13)14-6-7-17-16(10-14)21-18(24)11-27-17/h2-7,10,15H,8-9,11H2,1H3,(H,21,24)(H,22,25)/t15-/m0/s1. The van der Waals surface area contributed by atoms with E-state index in [0.29, 0.717) is 30.0 Å². The van der Waals surface area contributed by atoms with Crippen molar-refractivity contribution in [2.75, 3.05) is 25.5 Å². The third kappa shape index (κ3) is 3.36. The Morgan fingerprint density at radius 2 is 1.89 bits per heavy atom. The highest BCUT2D eigenvalue weighted by atomic mass is 16.5. The summed E-state index contributed by atoms with van der Waals surface area (Å²) < 4.78 is 5.36. The van der Waals surface area contributed by atoms with Crippen molar-refractivity contribution in [3.63, 3.8) is 0 Å². The number of amides is 3. The van der Waals surface area contributed by atoms with E-state index < -0.39 is 6.04 Å². The number of nitrogens with one attached hydrogen (secondary N) is 2. The van der Waals surface area contributed by atoms with Gasteiger partial charge in [0.1, 0.15) is 11.8 Å². The molecular formula is C20H19N3O4. The normalized spacial score (nSPS) is 18.6. The minimum Gasteiger partial charge on any atom is -0.482 e. The van der Waals surface area contributed by atoms with Crippen LogP contribution in [0.1, 0.15) is 16.8 Å². The molecule has 2 N–H and O–H groups in total. The number of carbonyl (C=O) groups excluding carboxylic acids is 3. The monoisotopic (exact) mass is 365 g/mol. The zero-order valence-electron chi connectivity index (χ0n) is 14.8. The van der Waals surface area contributed by atoms with E-state index in [1.807, 2.05) is 30.3 Å². The Labute approximate surface area is 156 Å². The van der Waals surface area contributed by atoms with Crippen molar-refractivity contribution < 1.29 is 19.1 Å². The second-order valence-electron chi connectivity index (χ2n) is 6.70. The summed E-state index contributed by atoms with van der Waals surface area (Å²) in [6, 6.07) is 12.2. The van der Waals surface area contributed by atoms with Gasteiger partial charge in [-0.15, -0.1) is 0 Å². The Kier molecular flexibility index (Phi) is 4.27. The van der Waals surface area contributed by atoms with E-state index in [1.54, 1.807) is 24.1 Å². The van der Waals surface area contributed by atoms with Gasteiger partial charge in [0, 0.05) is 19.2 Å². The van der Waals surface area contributed by atoms with E-state index >= 15 is 0 Å². The molecule has 0 saturated carbocycles. The molecule has 0 aliphatic carbocycles. The molecule has 2 aromatic carbocycles. The molecule has 0 unspecified atom stereocenters. The van der Waals surface area contributed by atoms with Crippen LogP contribution in [0.3, 0.4) is 0 Å². The van der Waals surface area contributed by atoms with Crippen LogP contribution in [0.5, 0.6) is 5.75 Å². The average Bonchev–Trinajstić information content (AvgIpc) is 2.99. The topological polar surface area (TPSA) is 87.7 Å². The molecule has 7 nitrogen and oxygen atoms in total. The van der Waals surface area contributed by atoms with Crippen LogP contribution >= 0.6 is 0 Å². The Morgan fingerprint density at radius 3 is 2.59 bits per heavy atom. The molecule has 2 aliphatic heterocycles. The molecule has 2 aromatic rings. The molecule has 7 heteroatoms. The highest BCUT2D eigenvalue weighted by Crippen LogP contribution is 2.32. The number of nitrogens with zero attached hydrogens (tertiary/aromatic N) is 1. The predicted octanol–water partition coefficient (Wildman–Crippen LogP) is 1.64. The number of likely N-dealkylation sites (tertiary alicyclic amines) is 1. The van der Waals surface area contributed by atoms with Crippen LogP contribution in [0.15, 0.2) is 42.5 Å². The van der Waals surface area contributed by atoms with Crippen molar-refractivity contribution in [2.24, 2.45) is 0 Å². The summed E-state index contributed by atoms with van der Waals surface area (Å²) in [5.74, 6) is 0.138. The molecule has 138 valence electrons. The van der Waals surface area contributed by atoms with Crippen LogP contribution < -0.4 is 15.4 Å². The van der Waals surface area contributed by atoms with Gasteiger partial charge in [0.15, 0.2) is 6.61 Å². The van der Waals surface area contributed by atoms with E-state index in [-0.39, 0.29) is 24.3 Å². The molecule has 27 heavy (non-hydrogen) atoms. The largest absolute Gasteiger partial charge is 0.482 e. The number of hydrogen-bond donors (Lipinski definition) is 2. The molecule has 2 aliphatic rings. The van der Waals surface area contributed by atoms with E-state index in [9.17, 15) is 14.4 Å². The number of likely N-dealkylation sites (N-methyl/N-ethyl adjacent to an activating group) is 1. The summed E-state index contributed by atoms with van der Waals surface area (Å²) in [4.78, 5) is 37.4. The van der Waals surface area contributed by atoms with Gasteiger partial charge >= 0.3 is 0 Å². The first-order valence-electron chi connectivity index (χ1n) is 8.74. The van der Waals surface area contributed by atoms with Gasteiger partial charge in [0.05, 0.1) is 5.69 Å². The molecule has 1 saturated heterocycles. The number of anilines is 1. The van der Waals surface area contributed by atoms with Crippen molar-refractivity contribution in [3.05, 3.63) is 48.0 Å². The quantitative estimate of drug-likeness (QED) is 0.866. The van der Waals surface area contributed by atoms with Gasteiger partial charge in [-0.25, -0.2) is 0 Å². The lowest BCUT2D eigenvalue weighted by molar-refractivity contribution is -0.128. The van der Waals surface area contributed by atoms with Gasteiger partial charge in [0.2, 0.25) is 5.91 Å². The van der Waals surface area contributed by atoms with Crippen molar-refractivity contribution in [1.29, 1.82) is 0 Å². The highest BCUT2D eigenvalue weighted by Gasteiger charge is 2.30. The summed E-state index contributed by atoms with van der Waals surface area (Å²) in [7, 11) is 1.73. The fourth-order valence-corrected chi connectivity index (χ4v) is 3.27. The number of ether oxygens (including phenoxy) is 1. The van der Waals surface area contributed by atoms with Gasteiger partial charge in [-0.2, -0.15) is 0 Å². The zero-order chi connectivity index (χ0) is 19.0. The van der Waals surface area contributed by atoms with E-state index in [2.05, 4.69) is 10.6 Å². The molecular weight excluding hydrogens is 346 g/mol. The number of fused-ring (bicyclic) bond motifs is 1. The van der Waals surface area contributed by atoms with Crippen LogP contribution in [-0.4, -0.2) is 48.9 Å². The van der Waals surface area contributed by atoms with Gasteiger partial charge in [-0.1, -0.05) is 18.2 Å². The van der Waals surface area contributed by atoms with E-state index in [1.165, 1.54) is 0 Å². The number of benzene rings is 2. The van der Waals surface area contributed by atoms with Crippen LogP contribution in [0.2, 0.25) is 0 Å². The fraction of sp³-hybridized carbons (Fsp3) is 0.250. The first kappa shape index (κ1) is 17.1. The van der Waals surface area contributed by atoms with Crippen molar-refractivity contribution in [3.8, 4) is 16.9 Å². The lowest BCUT2D eigenvalue weighted by atomic mass is 10.0. The smallest absolute Gasteiger partial charge is 0.262 e. The summed E-state index contributed by atoms with van der Waals surface area (Å²) in [5.41, 5.74) is 2.94. The Balaban J connectivity index is 1.49. The molecule has 3 amide bonds. The molecule has 0 bridgehead atoms. The second kappa shape index (κ2) is 6.75. The molecule has 2 heterocycles. The van der Waals surface area contributed by atoms with Crippen molar-refractivity contribution in [2.45, 2.75) is 12.5 Å². The highest BCUT2D eigenvalue weighted by molar-refractivity contribution is 5.99. The average molecular weight is 365 g/mol. The first-order valence-corrected chi connectivity index (χ1v) is 8.74. The zero-order valence-corrected chi connectivity index (χ0v) is 14.8. The van der Waals surface area contributed by atoms with Gasteiger partial charge in [-0.3, -0.25) is 14.4 Å². The van der Waals surface area contributed by atoms with E-state index in [4.69, 9.17) is 4.74 Å². The van der Waals surface area contributed by atoms with Crippen molar-refractivity contribution in [1.82, 2.24) is 10.2 Å². The number of carbonyl (C=O) groups is 3. The third-order valence-electron chi connectivity index (χ3n) is 4.83. The molecule has 0 spiro atoms. The molecule has 1 fully saturated rings.